The highest BCUT2D eigenvalue weighted by Crippen LogP contribution is 2.31. The lowest BCUT2D eigenvalue weighted by molar-refractivity contribution is 0.0980. The van der Waals surface area contributed by atoms with Crippen molar-refractivity contribution in [2.45, 2.75) is 18.9 Å². The first-order valence-corrected chi connectivity index (χ1v) is 10.4. The van der Waals surface area contributed by atoms with Crippen LogP contribution in [0.15, 0.2) is 36.4 Å². The van der Waals surface area contributed by atoms with Gasteiger partial charge in [-0.2, -0.15) is 0 Å². The first kappa shape index (κ1) is 20.6. The van der Waals surface area contributed by atoms with E-state index in [1.807, 2.05) is 12.1 Å². The highest BCUT2D eigenvalue weighted by Gasteiger charge is 2.29. The molecule has 1 amide bonds. The van der Waals surface area contributed by atoms with Gasteiger partial charge in [-0.05, 0) is 68.9 Å². The Morgan fingerprint density at radius 3 is 2.73 bits per heavy atom. The van der Waals surface area contributed by atoms with Crippen molar-refractivity contribution >= 4 is 17.3 Å². The molecule has 0 spiro atoms. The fourth-order valence-electron chi connectivity index (χ4n) is 4.27. The van der Waals surface area contributed by atoms with Crippen molar-refractivity contribution in [3.8, 4) is 5.75 Å². The van der Waals surface area contributed by atoms with Crippen LogP contribution in [0.4, 0.5) is 15.8 Å². The Hall–Kier alpha value is -2.64. The SMILES string of the molecule is CN(C)[C@@H]1CCN(c2ccc(N3CCc4cc(OCCO)ccc4C3=O)cc2F)C1. The van der Waals surface area contributed by atoms with Crippen LogP contribution in [0.5, 0.6) is 5.75 Å². The van der Waals surface area contributed by atoms with E-state index in [0.717, 1.165) is 25.1 Å². The van der Waals surface area contributed by atoms with Crippen LogP contribution in [-0.2, 0) is 6.42 Å². The minimum absolute atomic E-state index is 0.0570. The van der Waals surface area contributed by atoms with Crippen LogP contribution in [-0.4, -0.2) is 68.9 Å². The molecule has 1 atom stereocenters. The number of benzene rings is 2. The molecule has 0 bridgehead atoms. The van der Waals surface area contributed by atoms with Crippen molar-refractivity contribution < 1.29 is 19.0 Å². The van der Waals surface area contributed by atoms with Gasteiger partial charge in [0.25, 0.3) is 5.91 Å². The molecule has 6 nitrogen and oxygen atoms in total. The Morgan fingerprint density at radius 1 is 1.20 bits per heavy atom. The largest absolute Gasteiger partial charge is 0.491 e. The van der Waals surface area contributed by atoms with Crippen LogP contribution in [0.3, 0.4) is 0 Å². The van der Waals surface area contributed by atoms with Gasteiger partial charge in [0.2, 0.25) is 0 Å². The van der Waals surface area contributed by atoms with E-state index in [4.69, 9.17) is 9.84 Å². The average Bonchev–Trinajstić information content (AvgIpc) is 3.22. The monoisotopic (exact) mass is 413 g/mol. The topological polar surface area (TPSA) is 56.3 Å². The zero-order valence-corrected chi connectivity index (χ0v) is 17.5. The molecule has 0 aromatic heterocycles. The summed E-state index contributed by atoms with van der Waals surface area (Å²) < 4.78 is 20.4. The van der Waals surface area contributed by atoms with Crippen LogP contribution in [0, 0.1) is 5.82 Å². The maximum Gasteiger partial charge on any atom is 0.258 e. The molecule has 0 aliphatic carbocycles. The number of likely N-dealkylation sites (N-methyl/N-ethyl adjacent to an activating group) is 1. The van der Waals surface area contributed by atoms with Gasteiger partial charge in [0.05, 0.1) is 12.3 Å². The first-order chi connectivity index (χ1) is 14.5. The van der Waals surface area contributed by atoms with E-state index in [2.05, 4.69) is 23.9 Å². The van der Waals surface area contributed by atoms with E-state index >= 15 is 0 Å². The van der Waals surface area contributed by atoms with Crippen LogP contribution < -0.4 is 14.5 Å². The van der Waals surface area contributed by atoms with Crippen molar-refractivity contribution in [2.24, 2.45) is 0 Å². The van der Waals surface area contributed by atoms with E-state index in [1.54, 1.807) is 23.1 Å². The molecule has 7 heteroatoms. The first-order valence-electron chi connectivity index (χ1n) is 10.4. The summed E-state index contributed by atoms with van der Waals surface area (Å²) in [7, 11) is 4.10. The van der Waals surface area contributed by atoms with Gasteiger partial charge in [-0.25, -0.2) is 4.39 Å². The van der Waals surface area contributed by atoms with Gasteiger partial charge in [-0.1, -0.05) is 0 Å². The molecule has 4 rings (SSSR count). The Bertz CT molecular complexity index is 934. The Balaban J connectivity index is 1.51. The number of carbonyl (C=O) groups excluding carboxylic acids is 1. The molecule has 0 radical (unpaired) electrons. The Labute approximate surface area is 176 Å². The molecule has 30 heavy (non-hydrogen) atoms. The lowest BCUT2D eigenvalue weighted by atomic mass is 9.98. The Morgan fingerprint density at radius 2 is 2.03 bits per heavy atom. The Kier molecular flexibility index (Phi) is 5.92. The van der Waals surface area contributed by atoms with E-state index < -0.39 is 0 Å². The second kappa shape index (κ2) is 8.62. The predicted octanol–water partition coefficient (Wildman–Crippen LogP) is 2.54. The lowest BCUT2D eigenvalue weighted by Crippen LogP contribution is -2.37. The summed E-state index contributed by atoms with van der Waals surface area (Å²) in [4.78, 5) is 18.9. The van der Waals surface area contributed by atoms with Crippen molar-refractivity contribution in [3.63, 3.8) is 0 Å². The van der Waals surface area contributed by atoms with Gasteiger partial charge < -0.3 is 24.5 Å². The number of fused-ring (bicyclic) bond motifs is 1. The number of aliphatic hydroxyl groups excluding tert-OH is 1. The van der Waals surface area contributed by atoms with Gasteiger partial charge in [-0.3, -0.25) is 4.79 Å². The van der Waals surface area contributed by atoms with Gasteiger partial charge >= 0.3 is 0 Å². The van der Waals surface area contributed by atoms with Crippen molar-refractivity contribution in [1.82, 2.24) is 4.90 Å². The summed E-state index contributed by atoms with van der Waals surface area (Å²) in [6.07, 6.45) is 1.68. The molecule has 1 N–H and O–H groups in total. The third kappa shape index (κ3) is 4.00. The minimum Gasteiger partial charge on any atom is -0.491 e. The van der Waals surface area contributed by atoms with Crippen LogP contribution in [0.1, 0.15) is 22.3 Å². The van der Waals surface area contributed by atoms with Crippen molar-refractivity contribution in [2.75, 3.05) is 56.7 Å². The predicted molar refractivity (Wildman–Crippen MR) is 115 cm³/mol. The quantitative estimate of drug-likeness (QED) is 0.789. The molecular formula is C23H28FN3O3. The molecule has 0 unspecified atom stereocenters. The van der Waals surface area contributed by atoms with Crippen molar-refractivity contribution in [1.29, 1.82) is 0 Å². The second-order valence-electron chi connectivity index (χ2n) is 8.09. The van der Waals surface area contributed by atoms with E-state index in [1.165, 1.54) is 6.07 Å². The summed E-state index contributed by atoms with van der Waals surface area (Å²) in [5.41, 5.74) is 2.69. The number of nitrogens with zero attached hydrogens (tertiary/aromatic N) is 3. The standard InChI is InChI=1S/C23H28FN3O3/c1-25(2)18-8-9-26(15-18)22-6-3-17(14-21(22)24)27-10-7-16-13-19(30-12-11-28)4-5-20(16)23(27)29/h3-6,13-14,18,28H,7-12,15H2,1-2H3/t18-/m1/s1. The van der Waals surface area contributed by atoms with E-state index in [0.29, 0.717) is 41.7 Å². The van der Waals surface area contributed by atoms with E-state index in [9.17, 15) is 9.18 Å². The van der Waals surface area contributed by atoms with Crippen molar-refractivity contribution in [3.05, 3.63) is 53.3 Å². The molecule has 1 fully saturated rings. The zero-order valence-electron chi connectivity index (χ0n) is 17.5. The van der Waals surface area contributed by atoms with E-state index in [-0.39, 0.29) is 24.9 Å². The number of aliphatic hydroxyl groups is 1. The molecule has 160 valence electrons. The number of ether oxygens (including phenoxy) is 1. The summed E-state index contributed by atoms with van der Waals surface area (Å²) in [5.74, 6) is 0.213. The van der Waals surface area contributed by atoms with Gasteiger partial charge in [0, 0.05) is 36.9 Å². The van der Waals surface area contributed by atoms with Crippen LogP contribution in [0.25, 0.3) is 0 Å². The second-order valence-corrected chi connectivity index (χ2v) is 8.09. The van der Waals surface area contributed by atoms with Gasteiger partial charge in [-0.15, -0.1) is 0 Å². The average molecular weight is 413 g/mol. The summed E-state index contributed by atoms with van der Waals surface area (Å²) in [6.45, 7) is 2.28. The fraction of sp³-hybridized carbons (Fsp3) is 0.435. The number of hydrogen-bond acceptors (Lipinski definition) is 5. The maximum atomic E-state index is 14.9. The highest BCUT2D eigenvalue weighted by molar-refractivity contribution is 6.08. The molecular weight excluding hydrogens is 385 g/mol. The lowest BCUT2D eigenvalue weighted by Gasteiger charge is -2.30. The van der Waals surface area contributed by atoms with Gasteiger partial charge in [0.1, 0.15) is 18.2 Å². The minimum atomic E-state index is -0.293. The smallest absolute Gasteiger partial charge is 0.258 e. The van der Waals surface area contributed by atoms with Crippen LogP contribution in [0.2, 0.25) is 0 Å². The maximum absolute atomic E-state index is 14.9. The number of rotatable bonds is 6. The molecule has 2 aliphatic heterocycles. The molecule has 2 heterocycles. The highest BCUT2D eigenvalue weighted by atomic mass is 19.1. The zero-order chi connectivity index (χ0) is 21.3. The van der Waals surface area contributed by atoms with Crippen LogP contribution >= 0.6 is 0 Å². The summed E-state index contributed by atoms with van der Waals surface area (Å²) in [6, 6.07) is 10.8. The number of hydrogen-bond donors (Lipinski definition) is 1. The number of amides is 1. The van der Waals surface area contributed by atoms with Gasteiger partial charge in [0.15, 0.2) is 0 Å². The molecule has 0 saturated carbocycles. The summed E-state index contributed by atoms with van der Waals surface area (Å²) in [5, 5.41) is 8.90. The molecule has 1 saturated heterocycles. The number of halogens is 1. The normalized spacial score (nSPS) is 18.8. The molecule has 2 aromatic carbocycles. The third-order valence-corrected chi connectivity index (χ3v) is 5.99. The third-order valence-electron chi connectivity index (χ3n) is 5.99. The summed E-state index contributed by atoms with van der Waals surface area (Å²) >= 11 is 0. The number of carbonyl (C=O) groups is 1. The molecule has 2 aliphatic rings. The number of anilines is 2. The molecule has 2 aromatic rings. The fourth-order valence-corrected chi connectivity index (χ4v) is 4.27.